The predicted molar refractivity (Wildman–Crippen MR) is 76.4 cm³/mol. The van der Waals surface area contributed by atoms with Crippen molar-refractivity contribution in [2.45, 2.75) is 39.0 Å². The molecule has 1 aliphatic rings. The minimum Gasteiger partial charge on any atom is -0.395 e. The maximum absolute atomic E-state index is 12.5. The Labute approximate surface area is 118 Å². The minimum atomic E-state index is -0.477. The molecule has 0 bridgehead atoms. The van der Waals surface area contributed by atoms with Gasteiger partial charge < -0.3 is 9.84 Å². The van der Waals surface area contributed by atoms with Gasteiger partial charge in [0.2, 0.25) is 0 Å². The van der Waals surface area contributed by atoms with E-state index >= 15 is 0 Å². The fourth-order valence-corrected chi connectivity index (χ4v) is 3.68. The molecule has 7 heteroatoms. The quantitative estimate of drug-likeness (QED) is 0.849. The van der Waals surface area contributed by atoms with Crippen molar-refractivity contribution in [1.82, 2.24) is 9.55 Å². The summed E-state index contributed by atoms with van der Waals surface area (Å²) in [4.78, 5) is 28.7. The smallest absolute Gasteiger partial charge is 0.329 e. The average molecular weight is 296 g/mol. The molecule has 0 aliphatic carbocycles. The van der Waals surface area contributed by atoms with Crippen molar-refractivity contribution in [3.05, 3.63) is 31.3 Å². The van der Waals surface area contributed by atoms with E-state index in [0.717, 1.165) is 15.0 Å². The molecule has 0 radical (unpaired) electrons. The molecule has 0 atom stereocenters. The lowest BCUT2D eigenvalue weighted by Crippen LogP contribution is -2.37. The van der Waals surface area contributed by atoms with Crippen LogP contribution in [0, 0.1) is 0 Å². The minimum absolute atomic E-state index is 0.00855. The van der Waals surface area contributed by atoms with E-state index in [2.05, 4.69) is 4.98 Å². The Morgan fingerprint density at radius 3 is 2.90 bits per heavy atom. The van der Waals surface area contributed by atoms with Gasteiger partial charge in [0.15, 0.2) is 0 Å². The van der Waals surface area contributed by atoms with Crippen molar-refractivity contribution in [1.29, 1.82) is 0 Å². The second-order valence-corrected chi connectivity index (χ2v) is 6.65. The van der Waals surface area contributed by atoms with Crippen molar-refractivity contribution in [3.8, 4) is 0 Å². The van der Waals surface area contributed by atoms with Crippen molar-refractivity contribution in [2.24, 2.45) is 0 Å². The molecule has 0 unspecified atom stereocenters. The van der Waals surface area contributed by atoms with Crippen molar-refractivity contribution >= 4 is 21.6 Å². The number of hydrogen-bond acceptors (Lipinski definition) is 5. The Morgan fingerprint density at radius 2 is 2.20 bits per heavy atom. The molecule has 3 heterocycles. The Balaban J connectivity index is 2.31. The third kappa shape index (κ3) is 2.02. The van der Waals surface area contributed by atoms with Gasteiger partial charge in [-0.1, -0.05) is 0 Å². The van der Waals surface area contributed by atoms with Crippen LogP contribution in [0.25, 0.3) is 10.2 Å². The standard InChI is InChI=1S/C13H16N2O4S/c1-13(2)5-7-8(6-19-13)20-10-9(7)11(17)15(3-4-16)12(18)14-10/h16H,3-6H2,1-2H3,(H,14,18). The summed E-state index contributed by atoms with van der Waals surface area (Å²) in [5, 5.41) is 9.55. The average Bonchev–Trinajstić information content (AvgIpc) is 2.70. The van der Waals surface area contributed by atoms with E-state index in [0.29, 0.717) is 23.2 Å². The summed E-state index contributed by atoms with van der Waals surface area (Å²) >= 11 is 1.40. The summed E-state index contributed by atoms with van der Waals surface area (Å²) in [6, 6.07) is 0. The molecule has 0 saturated carbocycles. The topological polar surface area (TPSA) is 84.3 Å². The third-order valence-electron chi connectivity index (χ3n) is 3.54. The second-order valence-electron chi connectivity index (χ2n) is 5.54. The SMILES string of the molecule is CC1(C)Cc2c(sc3[nH]c(=O)n(CCO)c(=O)c23)CO1. The molecule has 20 heavy (non-hydrogen) atoms. The first-order valence-electron chi connectivity index (χ1n) is 6.45. The van der Waals surface area contributed by atoms with E-state index in [1.165, 1.54) is 11.3 Å². The van der Waals surface area contributed by atoms with Crippen LogP contribution in [0.5, 0.6) is 0 Å². The summed E-state index contributed by atoms with van der Waals surface area (Å²) < 4.78 is 6.79. The number of aliphatic hydroxyl groups is 1. The van der Waals surface area contributed by atoms with Gasteiger partial charge in [-0.3, -0.25) is 14.3 Å². The van der Waals surface area contributed by atoms with Crippen LogP contribution in [-0.2, 0) is 24.3 Å². The van der Waals surface area contributed by atoms with Gasteiger partial charge in [-0.05, 0) is 19.4 Å². The molecule has 0 fully saturated rings. The Bertz CT molecular complexity index is 784. The van der Waals surface area contributed by atoms with E-state index in [4.69, 9.17) is 9.84 Å². The van der Waals surface area contributed by atoms with Gasteiger partial charge in [-0.25, -0.2) is 4.79 Å². The second kappa shape index (κ2) is 4.54. The molecule has 108 valence electrons. The molecule has 3 rings (SSSR count). The summed E-state index contributed by atoms with van der Waals surface area (Å²) in [7, 11) is 0. The maximum atomic E-state index is 12.5. The molecule has 2 aromatic heterocycles. The Morgan fingerprint density at radius 1 is 1.45 bits per heavy atom. The zero-order valence-corrected chi connectivity index (χ0v) is 12.2. The molecule has 0 saturated heterocycles. The van der Waals surface area contributed by atoms with E-state index in [1.807, 2.05) is 13.8 Å². The number of rotatable bonds is 2. The highest BCUT2D eigenvalue weighted by atomic mass is 32.1. The number of nitrogens with zero attached hydrogens (tertiary/aromatic N) is 1. The van der Waals surface area contributed by atoms with Crippen LogP contribution in [0.1, 0.15) is 24.3 Å². The first-order valence-corrected chi connectivity index (χ1v) is 7.27. The predicted octanol–water partition coefficient (Wildman–Crippen LogP) is 0.595. The zero-order valence-electron chi connectivity index (χ0n) is 11.4. The number of hydrogen-bond donors (Lipinski definition) is 2. The van der Waals surface area contributed by atoms with Crippen LogP contribution in [0.2, 0.25) is 0 Å². The molecular weight excluding hydrogens is 280 g/mol. The van der Waals surface area contributed by atoms with Crippen LogP contribution in [0.4, 0.5) is 0 Å². The fourth-order valence-electron chi connectivity index (χ4n) is 2.56. The summed E-state index contributed by atoms with van der Waals surface area (Å²) in [6.45, 7) is 4.20. The maximum Gasteiger partial charge on any atom is 0.329 e. The van der Waals surface area contributed by atoms with Crippen LogP contribution in [-0.4, -0.2) is 26.9 Å². The Kier molecular flexibility index (Phi) is 3.07. The number of aliphatic hydroxyl groups excluding tert-OH is 1. The molecule has 1 aliphatic heterocycles. The van der Waals surface area contributed by atoms with E-state index in [9.17, 15) is 9.59 Å². The normalized spacial score (nSPS) is 17.4. The molecule has 0 aromatic carbocycles. The van der Waals surface area contributed by atoms with Gasteiger partial charge in [0, 0.05) is 11.3 Å². The number of nitrogens with one attached hydrogen (secondary N) is 1. The van der Waals surface area contributed by atoms with Crippen LogP contribution < -0.4 is 11.2 Å². The van der Waals surface area contributed by atoms with Crippen molar-refractivity contribution < 1.29 is 9.84 Å². The summed E-state index contributed by atoms with van der Waals surface area (Å²) in [5.74, 6) is 0. The molecule has 2 aromatic rings. The number of fused-ring (bicyclic) bond motifs is 3. The number of aromatic nitrogens is 2. The largest absolute Gasteiger partial charge is 0.395 e. The molecule has 0 amide bonds. The van der Waals surface area contributed by atoms with E-state index in [1.54, 1.807) is 0 Å². The van der Waals surface area contributed by atoms with Crippen LogP contribution in [0.3, 0.4) is 0 Å². The van der Waals surface area contributed by atoms with E-state index < -0.39 is 5.69 Å². The van der Waals surface area contributed by atoms with Gasteiger partial charge in [-0.2, -0.15) is 0 Å². The van der Waals surface area contributed by atoms with Crippen LogP contribution >= 0.6 is 11.3 Å². The lowest BCUT2D eigenvalue weighted by molar-refractivity contribution is -0.0379. The molecule has 0 spiro atoms. The highest BCUT2D eigenvalue weighted by Crippen LogP contribution is 2.36. The molecular formula is C13H16N2O4S. The third-order valence-corrected chi connectivity index (χ3v) is 4.66. The highest BCUT2D eigenvalue weighted by Gasteiger charge is 2.30. The summed E-state index contributed by atoms with van der Waals surface area (Å²) in [5.41, 5.74) is -0.150. The summed E-state index contributed by atoms with van der Waals surface area (Å²) in [6.07, 6.45) is 0.642. The van der Waals surface area contributed by atoms with Gasteiger partial charge >= 0.3 is 5.69 Å². The molecule has 6 nitrogen and oxygen atoms in total. The van der Waals surface area contributed by atoms with Crippen LogP contribution in [0.15, 0.2) is 9.59 Å². The lowest BCUT2D eigenvalue weighted by Gasteiger charge is -2.29. The lowest BCUT2D eigenvalue weighted by atomic mass is 9.94. The molecule has 2 N–H and O–H groups in total. The number of thiophene rings is 1. The van der Waals surface area contributed by atoms with Gasteiger partial charge in [0.1, 0.15) is 4.83 Å². The zero-order chi connectivity index (χ0) is 14.5. The number of aromatic amines is 1. The van der Waals surface area contributed by atoms with Gasteiger partial charge in [-0.15, -0.1) is 11.3 Å². The number of H-pyrrole nitrogens is 1. The fraction of sp³-hybridized carbons (Fsp3) is 0.538. The van der Waals surface area contributed by atoms with Gasteiger partial charge in [0.05, 0.1) is 30.7 Å². The first-order chi connectivity index (χ1) is 9.43. The van der Waals surface area contributed by atoms with Gasteiger partial charge in [0.25, 0.3) is 5.56 Å². The monoisotopic (exact) mass is 296 g/mol. The van der Waals surface area contributed by atoms with Crippen molar-refractivity contribution in [2.75, 3.05) is 6.61 Å². The number of ether oxygens (including phenoxy) is 1. The first kappa shape index (κ1) is 13.5. The van der Waals surface area contributed by atoms with Crippen molar-refractivity contribution in [3.63, 3.8) is 0 Å². The van der Waals surface area contributed by atoms with E-state index in [-0.39, 0.29) is 24.3 Å². The highest BCUT2D eigenvalue weighted by molar-refractivity contribution is 7.18. The Hall–Kier alpha value is -1.44.